The number of amides is 1. The lowest BCUT2D eigenvalue weighted by molar-refractivity contribution is -0.119. The van der Waals surface area contributed by atoms with Gasteiger partial charge in [0.1, 0.15) is 11.6 Å². The van der Waals surface area contributed by atoms with Crippen molar-refractivity contribution in [2.75, 3.05) is 18.5 Å². The molecule has 2 rings (SSSR count). The van der Waals surface area contributed by atoms with Crippen LogP contribution >= 0.6 is 0 Å². The average molecular weight is 292 g/mol. The Morgan fingerprint density at radius 2 is 2.43 bits per heavy atom. The van der Waals surface area contributed by atoms with Crippen molar-refractivity contribution in [1.29, 1.82) is 0 Å². The van der Waals surface area contributed by atoms with Crippen LogP contribution in [-0.4, -0.2) is 30.2 Å². The average Bonchev–Trinajstić information content (AvgIpc) is 2.49. The molecule has 0 saturated carbocycles. The normalized spacial score (nSPS) is 18.2. The zero-order valence-corrected chi connectivity index (χ0v) is 12.6. The van der Waals surface area contributed by atoms with Crippen LogP contribution in [0.1, 0.15) is 45.4 Å². The molecule has 1 fully saturated rings. The molecular formula is C16H24N2O3. The van der Waals surface area contributed by atoms with Crippen molar-refractivity contribution in [2.45, 2.75) is 51.6 Å². The maximum atomic E-state index is 12.0. The second-order valence-electron chi connectivity index (χ2n) is 5.32. The zero-order chi connectivity index (χ0) is 14.9. The highest BCUT2D eigenvalue weighted by Gasteiger charge is 2.17. The molecule has 1 saturated heterocycles. The molecule has 2 heterocycles. The third kappa shape index (κ3) is 5.71. The minimum Gasteiger partial charge on any atom is -0.493 e. The van der Waals surface area contributed by atoms with E-state index in [2.05, 4.69) is 17.2 Å². The molecule has 0 aliphatic carbocycles. The van der Waals surface area contributed by atoms with Crippen LogP contribution in [0.25, 0.3) is 0 Å². The summed E-state index contributed by atoms with van der Waals surface area (Å²) in [6, 6.07) is 3.56. The molecule has 1 aliphatic heterocycles. The monoisotopic (exact) mass is 292 g/mol. The fourth-order valence-corrected chi connectivity index (χ4v) is 2.27. The van der Waals surface area contributed by atoms with Crippen LogP contribution in [0.5, 0.6) is 5.75 Å². The predicted octanol–water partition coefficient (Wildman–Crippen LogP) is 3.16. The van der Waals surface area contributed by atoms with E-state index < -0.39 is 0 Å². The molecule has 0 aromatic carbocycles. The molecule has 1 aliphatic rings. The van der Waals surface area contributed by atoms with Crippen molar-refractivity contribution in [1.82, 2.24) is 4.98 Å². The van der Waals surface area contributed by atoms with E-state index in [4.69, 9.17) is 9.47 Å². The Labute approximate surface area is 126 Å². The van der Waals surface area contributed by atoms with E-state index in [-0.39, 0.29) is 12.0 Å². The van der Waals surface area contributed by atoms with E-state index in [0.29, 0.717) is 18.8 Å². The van der Waals surface area contributed by atoms with Gasteiger partial charge in [-0.15, -0.1) is 0 Å². The summed E-state index contributed by atoms with van der Waals surface area (Å²) in [7, 11) is 0. The minimum absolute atomic E-state index is 0.0442. The van der Waals surface area contributed by atoms with Crippen molar-refractivity contribution in [3.8, 4) is 5.75 Å². The Balaban J connectivity index is 1.80. The van der Waals surface area contributed by atoms with Crippen molar-refractivity contribution in [2.24, 2.45) is 0 Å². The molecule has 1 unspecified atom stereocenters. The lowest BCUT2D eigenvalue weighted by Gasteiger charge is -2.21. The summed E-state index contributed by atoms with van der Waals surface area (Å²) in [5.74, 6) is 1.22. The number of anilines is 1. The molecule has 1 aromatic heterocycles. The lowest BCUT2D eigenvalue weighted by Crippen LogP contribution is -2.25. The number of hydrogen-bond donors (Lipinski definition) is 1. The molecule has 1 atom stereocenters. The highest BCUT2D eigenvalue weighted by atomic mass is 16.5. The van der Waals surface area contributed by atoms with Gasteiger partial charge in [-0.05, 0) is 31.7 Å². The second-order valence-corrected chi connectivity index (χ2v) is 5.32. The maximum absolute atomic E-state index is 12.0. The number of aromatic nitrogens is 1. The number of carbonyl (C=O) groups is 1. The fourth-order valence-electron chi connectivity index (χ4n) is 2.27. The molecule has 1 aromatic rings. The summed E-state index contributed by atoms with van der Waals surface area (Å²) in [6.07, 6.45) is 7.38. The summed E-state index contributed by atoms with van der Waals surface area (Å²) in [6.45, 7) is 3.57. The third-order valence-corrected chi connectivity index (χ3v) is 3.45. The Kier molecular flexibility index (Phi) is 6.47. The molecular weight excluding hydrogens is 268 g/mol. The Hall–Kier alpha value is -1.62. The van der Waals surface area contributed by atoms with Gasteiger partial charge in [0.15, 0.2) is 0 Å². The molecule has 0 radical (unpaired) electrons. The molecule has 1 amide bonds. The topological polar surface area (TPSA) is 60.5 Å². The van der Waals surface area contributed by atoms with E-state index in [9.17, 15) is 4.79 Å². The van der Waals surface area contributed by atoms with Crippen LogP contribution < -0.4 is 10.1 Å². The number of nitrogens with one attached hydrogen (secondary N) is 1. The molecule has 0 bridgehead atoms. The Morgan fingerprint density at radius 3 is 3.19 bits per heavy atom. The molecule has 5 heteroatoms. The number of unbranched alkanes of at least 4 members (excludes halogenated alkanes) is 1. The van der Waals surface area contributed by atoms with Crippen molar-refractivity contribution >= 4 is 11.7 Å². The summed E-state index contributed by atoms with van der Waals surface area (Å²) < 4.78 is 11.2. The Morgan fingerprint density at radius 1 is 1.52 bits per heavy atom. The lowest BCUT2D eigenvalue weighted by atomic mass is 10.1. The van der Waals surface area contributed by atoms with Crippen LogP contribution in [0, 0.1) is 0 Å². The summed E-state index contributed by atoms with van der Waals surface area (Å²) in [5, 5.41) is 2.81. The maximum Gasteiger partial charge on any atom is 0.228 e. The standard InChI is InChI=1S/C16H24N2O3/c1-2-3-9-20-14-7-8-17-15(11-14)18-16(19)12-13-6-4-5-10-21-13/h7-8,11,13H,2-6,9-10,12H2,1H3,(H,17,18,19). The third-order valence-electron chi connectivity index (χ3n) is 3.45. The number of hydrogen-bond acceptors (Lipinski definition) is 4. The zero-order valence-electron chi connectivity index (χ0n) is 12.6. The number of ether oxygens (including phenoxy) is 2. The first-order valence-electron chi connectivity index (χ1n) is 7.78. The van der Waals surface area contributed by atoms with E-state index in [1.807, 2.05) is 0 Å². The van der Waals surface area contributed by atoms with Crippen molar-refractivity contribution < 1.29 is 14.3 Å². The van der Waals surface area contributed by atoms with E-state index in [0.717, 1.165) is 44.5 Å². The molecule has 21 heavy (non-hydrogen) atoms. The Bertz CT molecular complexity index is 445. The molecule has 1 N–H and O–H groups in total. The summed E-state index contributed by atoms with van der Waals surface area (Å²) in [5.41, 5.74) is 0. The van der Waals surface area contributed by atoms with Crippen molar-refractivity contribution in [3.05, 3.63) is 18.3 Å². The van der Waals surface area contributed by atoms with Gasteiger partial charge in [-0.25, -0.2) is 4.98 Å². The van der Waals surface area contributed by atoms with Gasteiger partial charge in [-0.3, -0.25) is 4.79 Å². The summed E-state index contributed by atoms with van der Waals surface area (Å²) in [4.78, 5) is 16.1. The first kappa shape index (κ1) is 15.8. The highest BCUT2D eigenvalue weighted by molar-refractivity contribution is 5.90. The fraction of sp³-hybridized carbons (Fsp3) is 0.625. The molecule has 116 valence electrons. The number of pyridine rings is 1. The van der Waals surface area contributed by atoms with Gasteiger partial charge in [0.05, 0.1) is 19.1 Å². The first-order valence-corrected chi connectivity index (χ1v) is 7.78. The number of rotatable bonds is 7. The van der Waals surface area contributed by atoms with Crippen LogP contribution in [-0.2, 0) is 9.53 Å². The summed E-state index contributed by atoms with van der Waals surface area (Å²) >= 11 is 0. The quantitative estimate of drug-likeness (QED) is 0.784. The van der Waals surface area contributed by atoms with Crippen LogP contribution in [0.3, 0.4) is 0 Å². The molecule has 5 nitrogen and oxygen atoms in total. The number of nitrogens with zero attached hydrogens (tertiary/aromatic N) is 1. The van der Waals surface area contributed by atoms with Gasteiger partial charge in [0.2, 0.25) is 5.91 Å². The van der Waals surface area contributed by atoms with Gasteiger partial charge in [0, 0.05) is 18.9 Å². The van der Waals surface area contributed by atoms with Gasteiger partial charge in [-0.2, -0.15) is 0 Å². The largest absolute Gasteiger partial charge is 0.493 e. The van der Waals surface area contributed by atoms with Crippen LogP contribution in [0.15, 0.2) is 18.3 Å². The molecule has 0 spiro atoms. The smallest absolute Gasteiger partial charge is 0.228 e. The number of carbonyl (C=O) groups excluding carboxylic acids is 1. The van der Waals surface area contributed by atoms with Gasteiger partial charge < -0.3 is 14.8 Å². The SMILES string of the molecule is CCCCOc1ccnc(NC(=O)CC2CCCCO2)c1. The first-order chi connectivity index (χ1) is 10.3. The van der Waals surface area contributed by atoms with Crippen molar-refractivity contribution in [3.63, 3.8) is 0 Å². The van der Waals surface area contributed by atoms with E-state index in [1.165, 1.54) is 0 Å². The van der Waals surface area contributed by atoms with E-state index in [1.54, 1.807) is 18.3 Å². The van der Waals surface area contributed by atoms with Crippen LogP contribution in [0.4, 0.5) is 5.82 Å². The van der Waals surface area contributed by atoms with Gasteiger partial charge in [0.25, 0.3) is 0 Å². The predicted molar refractivity (Wildman–Crippen MR) is 81.5 cm³/mol. The van der Waals surface area contributed by atoms with Gasteiger partial charge >= 0.3 is 0 Å². The minimum atomic E-state index is -0.0555. The van der Waals surface area contributed by atoms with Gasteiger partial charge in [-0.1, -0.05) is 13.3 Å². The van der Waals surface area contributed by atoms with E-state index >= 15 is 0 Å². The van der Waals surface area contributed by atoms with Crippen LogP contribution in [0.2, 0.25) is 0 Å². The highest BCUT2D eigenvalue weighted by Crippen LogP contribution is 2.18. The second kappa shape index (κ2) is 8.62.